The zero-order valence-corrected chi connectivity index (χ0v) is 11.6. The summed E-state index contributed by atoms with van der Waals surface area (Å²) in [6.07, 6.45) is 3.93. The minimum Gasteiger partial charge on any atom is -0.312 e. The molecule has 1 amide bonds. The third-order valence-corrected chi connectivity index (χ3v) is 3.85. The molecule has 20 heavy (non-hydrogen) atoms. The third kappa shape index (κ3) is 2.60. The average molecular weight is 265 g/mol. The van der Waals surface area contributed by atoms with Gasteiger partial charge in [-0.25, -0.2) is 0 Å². The van der Waals surface area contributed by atoms with Gasteiger partial charge in [0, 0.05) is 18.5 Å². The molecule has 0 bridgehead atoms. The predicted octanol–water partition coefficient (Wildman–Crippen LogP) is 4.26. The molecule has 0 spiro atoms. The second kappa shape index (κ2) is 5.91. The van der Waals surface area contributed by atoms with Gasteiger partial charge in [0.15, 0.2) is 0 Å². The fraction of sp³-hybridized carbons (Fsp3) is 0.278. The fourth-order valence-corrected chi connectivity index (χ4v) is 2.81. The first-order valence-corrected chi connectivity index (χ1v) is 7.31. The van der Waals surface area contributed by atoms with Crippen LogP contribution in [-0.2, 0) is 4.79 Å². The Morgan fingerprint density at radius 1 is 0.800 bits per heavy atom. The number of rotatable bonds is 2. The van der Waals surface area contributed by atoms with Crippen molar-refractivity contribution in [1.82, 2.24) is 0 Å². The summed E-state index contributed by atoms with van der Waals surface area (Å²) in [6.45, 7) is 0.836. The van der Waals surface area contributed by atoms with Gasteiger partial charge < -0.3 is 4.90 Å². The lowest BCUT2D eigenvalue weighted by molar-refractivity contribution is -0.118. The Hall–Kier alpha value is -2.09. The van der Waals surface area contributed by atoms with Crippen molar-refractivity contribution in [2.24, 2.45) is 0 Å². The molecular formula is C18H19NO. The minimum atomic E-state index is 0.255. The van der Waals surface area contributed by atoms with Gasteiger partial charge in [-0.1, -0.05) is 55.0 Å². The zero-order valence-electron chi connectivity index (χ0n) is 11.6. The van der Waals surface area contributed by atoms with Crippen LogP contribution in [0.3, 0.4) is 0 Å². The molecule has 2 aromatic rings. The highest BCUT2D eigenvalue weighted by Crippen LogP contribution is 2.32. The molecule has 102 valence electrons. The van der Waals surface area contributed by atoms with E-state index in [2.05, 4.69) is 24.3 Å². The maximum Gasteiger partial charge on any atom is 0.226 e. The summed E-state index contributed by atoms with van der Waals surface area (Å²) >= 11 is 0. The highest BCUT2D eigenvalue weighted by molar-refractivity contribution is 5.97. The van der Waals surface area contributed by atoms with Gasteiger partial charge in [-0.3, -0.25) is 4.79 Å². The summed E-state index contributed by atoms with van der Waals surface area (Å²) in [5.74, 6) is 0.255. The number of hydrogen-bond donors (Lipinski definition) is 0. The SMILES string of the molecule is O=C1CCCCCN1c1ccccc1-c1ccccc1. The summed E-state index contributed by atoms with van der Waals surface area (Å²) in [5, 5.41) is 0. The lowest BCUT2D eigenvalue weighted by Gasteiger charge is -2.23. The molecule has 1 aliphatic heterocycles. The molecule has 2 heteroatoms. The smallest absolute Gasteiger partial charge is 0.226 e. The number of hydrogen-bond acceptors (Lipinski definition) is 1. The van der Waals surface area contributed by atoms with Gasteiger partial charge >= 0.3 is 0 Å². The van der Waals surface area contributed by atoms with Gasteiger partial charge in [-0.2, -0.15) is 0 Å². The van der Waals surface area contributed by atoms with Crippen LogP contribution in [0.25, 0.3) is 11.1 Å². The number of anilines is 1. The van der Waals surface area contributed by atoms with Crippen molar-refractivity contribution >= 4 is 11.6 Å². The normalized spacial score (nSPS) is 16.0. The van der Waals surface area contributed by atoms with Crippen molar-refractivity contribution < 1.29 is 4.79 Å². The molecule has 1 heterocycles. The standard InChI is InChI=1S/C18H19NO/c20-18-13-5-2-8-14-19(18)17-12-7-6-11-16(17)15-9-3-1-4-10-15/h1,3-4,6-7,9-12H,2,5,8,13-14H2. The zero-order chi connectivity index (χ0) is 13.8. The summed E-state index contributed by atoms with van der Waals surface area (Å²) < 4.78 is 0. The predicted molar refractivity (Wildman–Crippen MR) is 82.7 cm³/mol. The highest BCUT2D eigenvalue weighted by atomic mass is 16.2. The molecule has 0 unspecified atom stereocenters. The molecule has 1 aliphatic rings. The van der Waals surface area contributed by atoms with Crippen molar-refractivity contribution in [3.63, 3.8) is 0 Å². The second-order valence-electron chi connectivity index (χ2n) is 5.24. The van der Waals surface area contributed by atoms with E-state index in [0.717, 1.165) is 37.1 Å². The molecule has 2 nitrogen and oxygen atoms in total. The van der Waals surface area contributed by atoms with E-state index < -0.39 is 0 Å². The van der Waals surface area contributed by atoms with Crippen molar-refractivity contribution in [3.05, 3.63) is 54.6 Å². The van der Waals surface area contributed by atoms with Gasteiger partial charge in [0.2, 0.25) is 5.91 Å². The van der Waals surface area contributed by atoms with Crippen LogP contribution >= 0.6 is 0 Å². The van der Waals surface area contributed by atoms with E-state index in [1.807, 2.05) is 35.2 Å². The Balaban J connectivity index is 2.03. The topological polar surface area (TPSA) is 20.3 Å². The second-order valence-corrected chi connectivity index (χ2v) is 5.24. The van der Waals surface area contributed by atoms with Crippen LogP contribution in [0.1, 0.15) is 25.7 Å². The lowest BCUT2D eigenvalue weighted by Crippen LogP contribution is -2.30. The van der Waals surface area contributed by atoms with Gasteiger partial charge in [0.25, 0.3) is 0 Å². The van der Waals surface area contributed by atoms with Crippen LogP contribution in [0.2, 0.25) is 0 Å². The van der Waals surface area contributed by atoms with E-state index in [0.29, 0.717) is 6.42 Å². The first-order valence-electron chi connectivity index (χ1n) is 7.31. The fourth-order valence-electron chi connectivity index (χ4n) is 2.81. The molecule has 0 radical (unpaired) electrons. The molecule has 1 saturated heterocycles. The first-order chi connectivity index (χ1) is 9.86. The Labute approximate surface area is 120 Å². The maximum atomic E-state index is 12.3. The van der Waals surface area contributed by atoms with Gasteiger partial charge in [0.05, 0.1) is 5.69 Å². The van der Waals surface area contributed by atoms with Gasteiger partial charge in [0.1, 0.15) is 0 Å². The molecule has 1 fully saturated rings. The molecule has 3 rings (SSSR count). The summed E-state index contributed by atoms with van der Waals surface area (Å²) in [6, 6.07) is 18.5. The molecule has 2 aromatic carbocycles. The van der Waals surface area contributed by atoms with Crippen LogP contribution in [0.5, 0.6) is 0 Å². The quantitative estimate of drug-likeness (QED) is 0.794. The Morgan fingerprint density at radius 2 is 1.55 bits per heavy atom. The number of para-hydroxylation sites is 1. The van der Waals surface area contributed by atoms with Crippen molar-refractivity contribution in [2.45, 2.75) is 25.7 Å². The number of benzene rings is 2. The summed E-state index contributed by atoms with van der Waals surface area (Å²) in [4.78, 5) is 14.3. The molecular weight excluding hydrogens is 246 g/mol. The van der Waals surface area contributed by atoms with Gasteiger partial charge in [-0.05, 0) is 24.5 Å². The highest BCUT2D eigenvalue weighted by Gasteiger charge is 2.20. The van der Waals surface area contributed by atoms with Crippen LogP contribution in [0.4, 0.5) is 5.69 Å². The molecule has 0 aliphatic carbocycles. The first kappa shape index (κ1) is 12.9. The van der Waals surface area contributed by atoms with Crippen LogP contribution in [0.15, 0.2) is 54.6 Å². The molecule has 0 aromatic heterocycles. The largest absolute Gasteiger partial charge is 0.312 e. The number of carbonyl (C=O) groups excluding carboxylic acids is 1. The van der Waals surface area contributed by atoms with E-state index in [1.54, 1.807) is 0 Å². The number of carbonyl (C=O) groups is 1. The van der Waals surface area contributed by atoms with E-state index in [4.69, 9.17) is 0 Å². The van der Waals surface area contributed by atoms with Gasteiger partial charge in [-0.15, -0.1) is 0 Å². The van der Waals surface area contributed by atoms with E-state index in [-0.39, 0.29) is 5.91 Å². The van der Waals surface area contributed by atoms with Crippen LogP contribution in [0, 0.1) is 0 Å². The van der Waals surface area contributed by atoms with Crippen molar-refractivity contribution in [1.29, 1.82) is 0 Å². The summed E-state index contributed by atoms with van der Waals surface area (Å²) in [7, 11) is 0. The Morgan fingerprint density at radius 3 is 2.40 bits per heavy atom. The van der Waals surface area contributed by atoms with E-state index in [1.165, 1.54) is 5.56 Å². The molecule has 0 saturated carbocycles. The molecule has 0 atom stereocenters. The maximum absolute atomic E-state index is 12.3. The Bertz CT molecular complexity index is 591. The van der Waals surface area contributed by atoms with Crippen molar-refractivity contribution in [2.75, 3.05) is 11.4 Å². The monoisotopic (exact) mass is 265 g/mol. The Kier molecular flexibility index (Phi) is 3.82. The van der Waals surface area contributed by atoms with Crippen LogP contribution < -0.4 is 4.90 Å². The minimum absolute atomic E-state index is 0.255. The number of nitrogens with zero attached hydrogens (tertiary/aromatic N) is 1. The summed E-state index contributed by atoms with van der Waals surface area (Å²) in [5.41, 5.74) is 3.36. The lowest BCUT2D eigenvalue weighted by atomic mass is 10.0. The van der Waals surface area contributed by atoms with Crippen LogP contribution in [-0.4, -0.2) is 12.5 Å². The average Bonchev–Trinajstić information content (AvgIpc) is 2.73. The van der Waals surface area contributed by atoms with E-state index in [9.17, 15) is 4.79 Å². The molecule has 0 N–H and O–H groups in total. The number of amides is 1. The third-order valence-electron chi connectivity index (χ3n) is 3.85. The van der Waals surface area contributed by atoms with E-state index >= 15 is 0 Å². The van der Waals surface area contributed by atoms with Crippen molar-refractivity contribution in [3.8, 4) is 11.1 Å².